The average molecular weight is 449 g/mol. The van der Waals surface area contributed by atoms with Crippen LogP contribution in [0.4, 0.5) is 33.6 Å². The SMILES string of the molecule is COc1ccc(Nc2nc(NC3CCCCCC3)nc(N3CCc4ccccc43)n2)cc1F. The van der Waals surface area contributed by atoms with Crippen LogP contribution in [-0.2, 0) is 6.42 Å². The van der Waals surface area contributed by atoms with Crippen LogP contribution in [0, 0.1) is 5.82 Å². The number of nitrogens with zero attached hydrogens (tertiary/aromatic N) is 4. The lowest BCUT2D eigenvalue weighted by Crippen LogP contribution is -2.23. The molecule has 2 N–H and O–H groups in total. The number of halogens is 1. The molecule has 0 spiro atoms. The molecule has 7 nitrogen and oxygen atoms in total. The summed E-state index contributed by atoms with van der Waals surface area (Å²) >= 11 is 0. The first-order chi connectivity index (χ1) is 16.2. The Morgan fingerprint density at radius 3 is 2.55 bits per heavy atom. The second kappa shape index (κ2) is 9.60. The number of para-hydroxylation sites is 1. The summed E-state index contributed by atoms with van der Waals surface area (Å²) < 4.78 is 19.3. The minimum Gasteiger partial charge on any atom is -0.494 e. The lowest BCUT2D eigenvalue weighted by Gasteiger charge is -2.21. The van der Waals surface area contributed by atoms with E-state index in [0.717, 1.165) is 31.5 Å². The number of ether oxygens (including phenoxy) is 1. The van der Waals surface area contributed by atoms with E-state index in [1.165, 1.54) is 44.4 Å². The second-order valence-electron chi connectivity index (χ2n) is 8.62. The molecule has 1 fully saturated rings. The van der Waals surface area contributed by atoms with E-state index in [9.17, 15) is 4.39 Å². The highest BCUT2D eigenvalue weighted by molar-refractivity contribution is 5.67. The first-order valence-electron chi connectivity index (χ1n) is 11.7. The van der Waals surface area contributed by atoms with Crippen LogP contribution in [0.1, 0.15) is 44.1 Å². The van der Waals surface area contributed by atoms with Crippen LogP contribution < -0.4 is 20.3 Å². The van der Waals surface area contributed by atoms with Gasteiger partial charge in [-0.3, -0.25) is 0 Å². The van der Waals surface area contributed by atoms with E-state index in [0.29, 0.717) is 29.6 Å². The summed E-state index contributed by atoms with van der Waals surface area (Å²) in [6, 6.07) is 13.4. The largest absolute Gasteiger partial charge is 0.494 e. The maximum absolute atomic E-state index is 14.2. The van der Waals surface area contributed by atoms with Crippen molar-refractivity contribution in [3.8, 4) is 5.75 Å². The van der Waals surface area contributed by atoms with Gasteiger partial charge >= 0.3 is 0 Å². The topological polar surface area (TPSA) is 75.2 Å². The molecule has 1 aliphatic carbocycles. The van der Waals surface area contributed by atoms with E-state index in [1.54, 1.807) is 12.1 Å². The Bertz CT molecular complexity index is 1120. The fraction of sp³-hybridized carbons (Fsp3) is 0.400. The summed E-state index contributed by atoms with van der Waals surface area (Å²) in [7, 11) is 1.45. The van der Waals surface area contributed by atoms with Crippen LogP contribution in [0.5, 0.6) is 5.75 Å². The molecule has 0 radical (unpaired) electrons. The molecule has 33 heavy (non-hydrogen) atoms. The molecular weight excluding hydrogens is 419 g/mol. The highest BCUT2D eigenvalue weighted by Gasteiger charge is 2.24. The highest BCUT2D eigenvalue weighted by Crippen LogP contribution is 2.33. The number of fused-ring (bicyclic) bond motifs is 1. The van der Waals surface area contributed by atoms with Crippen molar-refractivity contribution in [1.29, 1.82) is 0 Å². The third-order valence-electron chi connectivity index (χ3n) is 6.35. The Hall–Kier alpha value is -3.42. The number of anilines is 5. The van der Waals surface area contributed by atoms with Gasteiger partial charge in [-0.2, -0.15) is 15.0 Å². The van der Waals surface area contributed by atoms with Crippen molar-refractivity contribution >= 4 is 29.2 Å². The van der Waals surface area contributed by atoms with E-state index < -0.39 is 5.82 Å². The van der Waals surface area contributed by atoms with Crippen molar-refractivity contribution < 1.29 is 9.13 Å². The van der Waals surface area contributed by atoms with Gasteiger partial charge in [-0.15, -0.1) is 0 Å². The summed E-state index contributed by atoms with van der Waals surface area (Å²) in [4.78, 5) is 16.2. The molecule has 3 aromatic rings. The van der Waals surface area contributed by atoms with E-state index in [2.05, 4.69) is 38.7 Å². The van der Waals surface area contributed by atoms with Gasteiger partial charge in [-0.25, -0.2) is 4.39 Å². The Labute approximate surface area is 193 Å². The molecule has 0 amide bonds. The van der Waals surface area contributed by atoms with E-state index in [-0.39, 0.29) is 5.75 Å². The first kappa shape index (κ1) is 21.4. The molecule has 0 unspecified atom stereocenters. The van der Waals surface area contributed by atoms with Crippen molar-refractivity contribution in [2.75, 3.05) is 29.2 Å². The van der Waals surface area contributed by atoms with Gasteiger partial charge in [0, 0.05) is 30.0 Å². The van der Waals surface area contributed by atoms with Crippen LogP contribution in [0.15, 0.2) is 42.5 Å². The minimum atomic E-state index is -0.443. The number of aromatic nitrogens is 3. The predicted octanol–water partition coefficient (Wildman–Crippen LogP) is 5.59. The zero-order valence-electron chi connectivity index (χ0n) is 18.9. The van der Waals surface area contributed by atoms with E-state index in [1.807, 2.05) is 6.07 Å². The molecule has 1 aliphatic heterocycles. The summed E-state index contributed by atoms with van der Waals surface area (Å²) in [6.07, 6.45) is 8.15. The van der Waals surface area contributed by atoms with Gasteiger partial charge in [0.1, 0.15) is 0 Å². The monoisotopic (exact) mass is 448 g/mol. The number of hydrogen-bond donors (Lipinski definition) is 2. The minimum absolute atomic E-state index is 0.196. The van der Waals surface area contributed by atoms with Gasteiger partial charge in [0.05, 0.1) is 7.11 Å². The van der Waals surface area contributed by atoms with Crippen molar-refractivity contribution in [2.24, 2.45) is 0 Å². The molecule has 1 saturated carbocycles. The molecule has 0 saturated heterocycles. The van der Waals surface area contributed by atoms with Gasteiger partial charge in [0.25, 0.3) is 0 Å². The van der Waals surface area contributed by atoms with Crippen LogP contribution >= 0.6 is 0 Å². The first-order valence-corrected chi connectivity index (χ1v) is 11.7. The number of benzene rings is 2. The number of hydrogen-bond acceptors (Lipinski definition) is 7. The number of rotatable bonds is 6. The Balaban J connectivity index is 1.47. The van der Waals surface area contributed by atoms with E-state index >= 15 is 0 Å². The summed E-state index contributed by atoms with van der Waals surface area (Å²) in [5.41, 5.74) is 2.95. The van der Waals surface area contributed by atoms with Crippen molar-refractivity contribution in [1.82, 2.24) is 15.0 Å². The zero-order chi connectivity index (χ0) is 22.6. The summed E-state index contributed by atoms with van der Waals surface area (Å²) in [6.45, 7) is 0.808. The Kier molecular flexibility index (Phi) is 6.24. The summed E-state index contributed by atoms with van der Waals surface area (Å²) in [5.74, 6) is 1.27. The van der Waals surface area contributed by atoms with Crippen LogP contribution in [-0.4, -0.2) is 34.6 Å². The van der Waals surface area contributed by atoms with Gasteiger partial charge in [0.2, 0.25) is 17.8 Å². The van der Waals surface area contributed by atoms with Gasteiger partial charge in [-0.05, 0) is 43.0 Å². The van der Waals surface area contributed by atoms with Crippen LogP contribution in [0.25, 0.3) is 0 Å². The Morgan fingerprint density at radius 1 is 0.970 bits per heavy atom. The molecule has 0 atom stereocenters. The molecular formula is C25H29FN6O. The maximum atomic E-state index is 14.2. The Morgan fingerprint density at radius 2 is 1.76 bits per heavy atom. The van der Waals surface area contributed by atoms with Crippen LogP contribution in [0.3, 0.4) is 0 Å². The van der Waals surface area contributed by atoms with Gasteiger partial charge < -0.3 is 20.3 Å². The fourth-order valence-electron chi connectivity index (χ4n) is 4.63. The molecule has 1 aromatic heterocycles. The lowest BCUT2D eigenvalue weighted by molar-refractivity contribution is 0.386. The molecule has 8 heteroatoms. The molecule has 0 bridgehead atoms. The average Bonchev–Trinajstić information content (AvgIpc) is 3.09. The zero-order valence-corrected chi connectivity index (χ0v) is 18.9. The smallest absolute Gasteiger partial charge is 0.236 e. The third kappa shape index (κ3) is 4.84. The molecule has 5 rings (SSSR count). The molecule has 2 aromatic carbocycles. The van der Waals surface area contributed by atoms with Gasteiger partial charge in [0.15, 0.2) is 11.6 Å². The summed E-state index contributed by atoms with van der Waals surface area (Å²) in [5, 5.41) is 6.69. The quantitative estimate of drug-likeness (QED) is 0.476. The molecule has 2 heterocycles. The van der Waals surface area contributed by atoms with E-state index in [4.69, 9.17) is 14.7 Å². The van der Waals surface area contributed by atoms with Crippen LogP contribution in [0.2, 0.25) is 0 Å². The standard InChI is InChI=1S/C25H29FN6O/c1-33-22-13-12-19(16-20(22)26)28-24-29-23(27-18-9-4-2-3-5-10-18)30-25(31-24)32-15-14-17-8-6-7-11-21(17)32/h6-8,11-13,16,18H,2-5,9-10,14-15H2,1H3,(H2,27,28,29,30,31). The second-order valence-corrected chi connectivity index (χ2v) is 8.62. The predicted molar refractivity (Wildman–Crippen MR) is 128 cm³/mol. The number of nitrogens with one attached hydrogen (secondary N) is 2. The highest BCUT2D eigenvalue weighted by atomic mass is 19.1. The maximum Gasteiger partial charge on any atom is 0.236 e. The lowest BCUT2D eigenvalue weighted by atomic mass is 10.1. The normalized spacial score (nSPS) is 16.2. The fourth-order valence-corrected chi connectivity index (χ4v) is 4.63. The van der Waals surface area contributed by atoms with Crippen molar-refractivity contribution in [2.45, 2.75) is 51.0 Å². The van der Waals surface area contributed by atoms with Crippen molar-refractivity contribution in [3.63, 3.8) is 0 Å². The third-order valence-corrected chi connectivity index (χ3v) is 6.35. The van der Waals surface area contributed by atoms with Gasteiger partial charge in [-0.1, -0.05) is 43.9 Å². The molecule has 172 valence electrons. The molecule has 2 aliphatic rings. The van der Waals surface area contributed by atoms with Crippen molar-refractivity contribution in [3.05, 3.63) is 53.8 Å². The number of methoxy groups -OCH3 is 1.